The number of aromatic amines is 1. The second kappa shape index (κ2) is 4.26. The molecule has 0 aliphatic carbocycles. The van der Waals surface area contributed by atoms with Crippen molar-refractivity contribution in [1.82, 2.24) is 20.5 Å². The largest absolute Gasteiger partial charge is 0.379 e. The van der Waals surface area contributed by atoms with Gasteiger partial charge in [0.05, 0.1) is 12.6 Å². The van der Waals surface area contributed by atoms with Gasteiger partial charge in [0, 0.05) is 6.61 Å². The lowest BCUT2D eigenvalue weighted by atomic mass is 10.1. The molecule has 0 spiro atoms. The summed E-state index contributed by atoms with van der Waals surface area (Å²) in [5.41, 5.74) is 5.29. The van der Waals surface area contributed by atoms with Gasteiger partial charge in [-0.25, -0.2) is 0 Å². The first-order chi connectivity index (χ1) is 7.25. The van der Waals surface area contributed by atoms with E-state index in [2.05, 4.69) is 20.5 Å². The normalized spacial score (nSPS) is 21.2. The predicted octanol–water partition coefficient (Wildman–Crippen LogP) is -0.704. The number of rotatable bonds is 2. The maximum absolute atomic E-state index is 11.6. The number of nitrogens with two attached hydrogens (primary N) is 1. The standard InChI is InChI=1S/C8H13N5O2/c9-8-11-6(12-13-8)7(14)10-5-2-1-3-15-4-5/h5H,1-4H2,(H,10,14)(H3,9,11,12,13). The maximum atomic E-state index is 11.6. The lowest BCUT2D eigenvalue weighted by molar-refractivity contribution is 0.0619. The summed E-state index contributed by atoms with van der Waals surface area (Å²) < 4.78 is 5.24. The molecule has 1 aliphatic rings. The minimum absolute atomic E-state index is 0.0533. The summed E-state index contributed by atoms with van der Waals surface area (Å²) in [5.74, 6) is -0.0900. The van der Waals surface area contributed by atoms with Crippen molar-refractivity contribution in [1.29, 1.82) is 0 Å². The summed E-state index contributed by atoms with van der Waals surface area (Å²) >= 11 is 0. The molecule has 4 N–H and O–H groups in total. The van der Waals surface area contributed by atoms with Gasteiger partial charge in [0.15, 0.2) is 0 Å². The molecule has 7 heteroatoms. The number of carbonyl (C=O) groups excluding carboxylic acids is 1. The van der Waals surface area contributed by atoms with Crippen LogP contribution in [-0.4, -0.2) is 40.3 Å². The van der Waals surface area contributed by atoms with Crippen molar-refractivity contribution in [3.63, 3.8) is 0 Å². The van der Waals surface area contributed by atoms with E-state index in [1.807, 2.05) is 0 Å². The van der Waals surface area contributed by atoms with Crippen molar-refractivity contribution in [3.05, 3.63) is 5.82 Å². The molecule has 1 aliphatic heterocycles. The van der Waals surface area contributed by atoms with E-state index in [0.29, 0.717) is 6.61 Å². The fourth-order valence-electron chi connectivity index (χ4n) is 1.48. The number of anilines is 1. The van der Waals surface area contributed by atoms with E-state index in [1.165, 1.54) is 0 Å². The molecule has 82 valence electrons. The quantitative estimate of drug-likeness (QED) is 0.599. The van der Waals surface area contributed by atoms with Gasteiger partial charge in [-0.15, -0.1) is 5.10 Å². The predicted molar refractivity (Wildman–Crippen MR) is 52.1 cm³/mol. The third kappa shape index (κ3) is 2.44. The zero-order valence-electron chi connectivity index (χ0n) is 8.19. The number of carbonyl (C=O) groups is 1. The summed E-state index contributed by atoms with van der Waals surface area (Å²) in [7, 11) is 0. The monoisotopic (exact) mass is 211 g/mol. The SMILES string of the molecule is Nc1n[nH]c(C(=O)NC2CCCOC2)n1. The number of nitrogens with zero attached hydrogens (tertiary/aromatic N) is 2. The number of H-pyrrole nitrogens is 1. The fraction of sp³-hybridized carbons (Fsp3) is 0.625. The van der Waals surface area contributed by atoms with Gasteiger partial charge in [-0.1, -0.05) is 0 Å². The second-order valence-corrected chi connectivity index (χ2v) is 3.43. The molecule has 1 aromatic heterocycles. The highest BCUT2D eigenvalue weighted by Crippen LogP contribution is 2.06. The molecule has 0 radical (unpaired) electrons. The first-order valence-corrected chi connectivity index (χ1v) is 4.82. The first-order valence-electron chi connectivity index (χ1n) is 4.82. The van der Waals surface area contributed by atoms with Crippen LogP contribution in [0.25, 0.3) is 0 Å². The van der Waals surface area contributed by atoms with Crippen LogP contribution in [0.15, 0.2) is 0 Å². The van der Waals surface area contributed by atoms with Crippen LogP contribution < -0.4 is 11.1 Å². The molecular weight excluding hydrogens is 198 g/mol. The Labute approximate surface area is 86.4 Å². The van der Waals surface area contributed by atoms with Crippen LogP contribution >= 0.6 is 0 Å². The van der Waals surface area contributed by atoms with Crippen LogP contribution in [0.5, 0.6) is 0 Å². The molecule has 1 fully saturated rings. The Morgan fingerprint density at radius 2 is 2.53 bits per heavy atom. The molecule has 1 unspecified atom stereocenters. The Morgan fingerprint density at radius 3 is 3.13 bits per heavy atom. The highest BCUT2D eigenvalue weighted by atomic mass is 16.5. The minimum Gasteiger partial charge on any atom is -0.379 e. The van der Waals surface area contributed by atoms with Gasteiger partial charge in [-0.05, 0) is 12.8 Å². The molecule has 1 amide bonds. The van der Waals surface area contributed by atoms with Gasteiger partial charge in [-0.2, -0.15) is 4.98 Å². The molecule has 0 aromatic carbocycles. The number of aromatic nitrogens is 3. The number of hydrogen-bond acceptors (Lipinski definition) is 5. The molecule has 0 saturated carbocycles. The van der Waals surface area contributed by atoms with E-state index in [9.17, 15) is 4.79 Å². The van der Waals surface area contributed by atoms with Gasteiger partial charge in [-0.3, -0.25) is 9.89 Å². The summed E-state index contributed by atoms with van der Waals surface area (Å²) in [6.07, 6.45) is 1.89. The lowest BCUT2D eigenvalue weighted by Gasteiger charge is -2.22. The third-order valence-electron chi connectivity index (χ3n) is 2.21. The van der Waals surface area contributed by atoms with Gasteiger partial charge < -0.3 is 15.8 Å². The van der Waals surface area contributed by atoms with Crippen molar-refractivity contribution in [2.45, 2.75) is 18.9 Å². The van der Waals surface area contributed by atoms with Gasteiger partial charge >= 0.3 is 0 Å². The minimum atomic E-state index is -0.297. The molecule has 1 aromatic rings. The highest BCUT2D eigenvalue weighted by Gasteiger charge is 2.18. The number of ether oxygens (including phenoxy) is 1. The van der Waals surface area contributed by atoms with E-state index in [4.69, 9.17) is 10.5 Å². The maximum Gasteiger partial charge on any atom is 0.288 e. The Balaban J connectivity index is 1.91. The smallest absolute Gasteiger partial charge is 0.288 e. The van der Waals surface area contributed by atoms with Gasteiger partial charge in [0.25, 0.3) is 5.91 Å². The molecular formula is C8H13N5O2. The number of hydrogen-bond donors (Lipinski definition) is 3. The Kier molecular flexibility index (Phi) is 2.82. The van der Waals surface area contributed by atoms with Gasteiger partial charge in [0.1, 0.15) is 0 Å². The Morgan fingerprint density at radius 1 is 1.67 bits per heavy atom. The Hall–Kier alpha value is -1.63. The molecule has 1 saturated heterocycles. The summed E-state index contributed by atoms with van der Waals surface area (Å²) in [6.45, 7) is 1.32. The molecule has 2 heterocycles. The highest BCUT2D eigenvalue weighted by molar-refractivity contribution is 5.90. The summed E-state index contributed by atoms with van der Waals surface area (Å²) in [5, 5.41) is 8.83. The van der Waals surface area contributed by atoms with Crippen LogP contribution in [0.1, 0.15) is 23.5 Å². The van der Waals surface area contributed by atoms with Gasteiger partial charge in [0.2, 0.25) is 11.8 Å². The average molecular weight is 211 g/mol. The zero-order chi connectivity index (χ0) is 10.7. The second-order valence-electron chi connectivity index (χ2n) is 3.43. The van der Waals surface area contributed by atoms with E-state index >= 15 is 0 Å². The topological polar surface area (TPSA) is 106 Å². The van der Waals surface area contributed by atoms with E-state index < -0.39 is 0 Å². The number of amides is 1. The van der Waals surface area contributed by atoms with Crippen LogP contribution in [-0.2, 0) is 4.74 Å². The van der Waals surface area contributed by atoms with Crippen molar-refractivity contribution in [2.24, 2.45) is 0 Å². The van der Waals surface area contributed by atoms with Crippen LogP contribution in [0, 0.1) is 0 Å². The van der Waals surface area contributed by atoms with E-state index in [0.717, 1.165) is 19.4 Å². The fourth-order valence-corrected chi connectivity index (χ4v) is 1.48. The molecule has 7 nitrogen and oxygen atoms in total. The average Bonchev–Trinajstić information content (AvgIpc) is 2.66. The number of nitrogens with one attached hydrogen (secondary N) is 2. The third-order valence-corrected chi connectivity index (χ3v) is 2.21. The lowest BCUT2D eigenvalue weighted by Crippen LogP contribution is -2.41. The van der Waals surface area contributed by atoms with Crippen molar-refractivity contribution in [3.8, 4) is 0 Å². The molecule has 15 heavy (non-hydrogen) atoms. The number of nitrogen functional groups attached to an aromatic ring is 1. The van der Waals surface area contributed by atoms with Crippen LogP contribution in [0.4, 0.5) is 5.95 Å². The molecule has 2 rings (SSSR count). The van der Waals surface area contributed by atoms with Crippen molar-refractivity contribution < 1.29 is 9.53 Å². The Bertz CT molecular complexity index is 345. The summed E-state index contributed by atoms with van der Waals surface area (Å²) in [4.78, 5) is 15.3. The van der Waals surface area contributed by atoms with E-state index in [1.54, 1.807) is 0 Å². The van der Waals surface area contributed by atoms with Crippen molar-refractivity contribution >= 4 is 11.9 Å². The summed E-state index contributed by atoms with van der Waals surface area (Å²) in [6, 6.07) is 0.0533. The molecule has 1 atom stereocenters. The van der Waals surface area contributed by atoms with Crippen LogP contribution in [0.2, 0.25) is 0 Å². The van der Waals surface area contributed by atoms with Crippen molar-refractivity contribution in [2.75, 3.05) is 18.9 Å². The first kappa shape index (κ1) is 9.91. The zero-order valence-corrected chi connectivity index (χ0v) is 8.19. The van der Waals surface area contributed by atoms with Crippen LogP contribution in [0.3, 0.4) is 0 Å². The van der Waals surface area contributed by atoms with E-state index in [-0.39, 0.29) is 23.7 Å². The molecule has 0 bridgehead atoms.